The SMILES string of the molecule is C/C(=N\N(C)C)C(C#N)c1cccc2ccccc12. The Labute approximate surface area is 113 Å². The fraction of sp³-hybridized carbons (Fsp3) is 0.250. The van der Waals surface area contributed by atoms with E-state index in [0.29, 0.717) is 0 Å². The first-order valence-electron chi connectivity index (χ1n) is 6.23. The van der Waals surface area contributed by atoms with Gasteiger partial charge in [-0.25, -0.2) is 0 Å². The van der Waals surface area contributed by atoms with Crippen molar-refractivity contribution < 1.29 is 0 Å². The number of benzene rings is 2. The topological polar surface area (TPSA) is 39.4 Å². The number of nitriles is 1. The van der Waals surface area contributed by atoms with Crippen molar-refractivity contribution in [2.75, 3.05) is 14.1 Å². The van der Waals surface area contributed by atoms with Crippen molar-refractivity contribution >= 4 is 16.5 Å². The van der Waals surface area contributed by atoms with E-state index in [-0.39, 0.29) is 5.92 Å². The molecular weight excluding hydrogens is 234 g/mol. The quantitative estimate of drug-likeness (QED) is 0.619. The molecule has 0 aliphatic rings. The van der Waals surface area contributed by atoms with Gasteiger partial charge in [-0.1, -0.05) is 42.5 Å². The molecule has 1 atom stereocenters. The van der Waals surface area contributed by atoms with Gasteiger partial charge in [0.25, 0.3) is 0 Å². The Bertz CT molecular complexity index is 645. The van der Waals surface area contributed by atoms with Gasteiger partial charge in [-0.2, -0.15) is 10.4 Å². The maximum atomic E-state index is 9.47. The van der Waals surface area contributed by atoms with E-state index in [2.05, 4.69) is 29.4 Å². The number of nitrogens with zero attached hydrogens (tertiary/aromatic N) is 3. The molecule has 0 saturated carbocycles. The zero-order chi connectivity index (χ0) is 13.8. The molecule has 2 aromatic rings. The highest BCUT2D eigenvalue weighted by Gasteiger charge is 2.17. The first kappa shape index (κ1) is 13.1. The van der Waals surface area contributed by atoms with Gasteiger partial charge in [0.2, 0.25) is 0 Å². The summed E-state index contributed by atoms with van der Waals surface area (Å²) in [5.41, 5.74) is 1.83. The summed E-state index contributed by atoms with van der Waals surface area (Å²) in [6.07, 6.45) is 0. The van der Waals surface area contributed by atoms with Crippen molar-refractivity contribution in [2.45, 2.75) is 12.8 Å². The van der Waals surface area contributed by atoms with E-state index < -0.39 is 0 Å². The van der Waals surface area contributed by atoms with Crippen LogP contribution < -0.4 is 0 Å². The molecule has 2 rings (SSSR count). The van der Waals surface area contributed by atoms with Gasteiger partial charge < -0.3 is 5.01 Å². The van der Waals surface area contributed by atoms with Crippen LogP contribution in [0.15, 0.2) is 47.6 Å². The van der Waals surface area contributed by atoms with Crippen molar-refractivity contribution in [3.8, 4) is 6.07 Å². The Kier molecular flexibility index (Phi) is 3.82. The average Bonchev–Trinajstić information content (AvgIpc) is 2.39. The third-order valence-corrected chi connectivity index (χ3v) is 3.04. The first-order chi connectivity index (χ1) is 9.13. The van der Waals surface area contributed by atoms with E-state index in [1.807, 2.05) is 45.3 Å². The van der Waals surface area contributed by atoms with Crippen LogP contribution in [0, 0.1) is 11.3 Å². The molecule has 3 heteroatoms. The second kappa shape index (κ2) is 5.53. The van der Waals surface area contributed by atoms with Crippen LogP contribution in [-0.4, -0.2) is 24.8 Å². The van der Waals surface area contributed by atoms with E-state index in [9.17, 15) is 5.26 Å². The summed E-state index contributed by atoms with van der Waals surface area (Å²) in [6.45, 7) is 1.90. The van der Waals surface area contributed by atoms with Crippen LogP contribution in [0.4, 0.5) is 0 Å². The molecule has 0 amide bonds. The Balaban J connectivity index is 2.57. The van der Waals surface area contributed by atoms with E-state index in [0.717, 1.165) is 22.0 Å². The van der Waals surface area contributed by atoms with Gasteiger partial charge in [0, 0.05) is 14.1 Å². The van der Waals surface area contributed by atoms with Crippen molar-refractivity contribution in [1.29, 1.82) is 5.26 Å². The van der Waals surface area contributed by atoms with Crippen LogP contribution in [0.3, 0.4) is 0 Å². The summed E-state index contributed by atoms with van der Waals surface area (Å²) < 4.78 is 0. The fourth-order valence-corrected chi connectivity index (χ4v) is 2.26. The molecule has 0 saturated heterocycles. The van der Waals surface area contributed by atoms with Crippen molar-refractivity contribution in [3.63, 3.8) is 0 Å². The maximum Gasteiger partial charge on any atom is 0.111 e. The minimum absolute atomic E-state index is 0.312. The minimum Gasteiger partial charge on any atom is -0.303 e. The molecule has 19 heavy (non-hydrogen) atoms. The molecule has 0 aliphatic heterocycles. The average molecular weight is 251 g/mol. The van der Waals surface area contributed by atoms with Crippen LogP contribution in [0.2, 0.25) is 0 Å². The van der Waals surface area contributed by atoms with E-state index in [1.54, 1.807) is 5.01 Å². The monoisotopic (exact) mass is 251 g/mol. The van der Waals surface area contributed by atoms with Crippen LogP contribution in [0.5, 0.6) is 0 Å². The van der Waals surface area contributed by atoms with Crippen molar-refractivity contribution in [2.24, 2.45) is 5.10 Å². The Morgan fingerprint density at radius 2 is 1.84 bits per heavy atom. The zero-order valence-electron chi connectivity index (χ0n) is 11.5. The first-order valence-corrected chi connectivity index (χ1v) is 6.23. The summed E-state index contributed by atoms with van der Waals surface area (Å²) in [5.74, 6) is -0.312. The predicted octanol–water partition coefficient (Wildman–Crippen LogP) is 3.38. The highest BCUT2D eigenvalue weighted by atomic mass is 15.4. The van der Waals surface area contributed by atoms with Crippen LogP contribution >= 0.6 is 0 Å². The molecule has 96 valence electrons. The zero-order valence-corrected chi connectivity index (χ0v) is 11.5. The molecular formula is C16H17N3. The highest BCUT2D eigenvalue weighted by molar-refractivity contribution is 5.97. The van der Waals surface area contributed by atoms with Crippen LogP contribution in [-0.2, 0) is 0 Å². The Morgan fingerprint density at radius 3 is 2.53 bits per heavy atom. The lowest BCUT2D eigenvalue weighted by Gasteiger charge is -2.14. The molecule has 0 spiro atoms. The van der Waals surface area contributed by atoms with Crippen molar-refractivity contribution in [3.05, 3.63) is 48.0 Å². The summed E-state index contributed by atoms with van der Waals surface area (Å²) in [5, 5.41) is 17.8. The van der Waals surface area contributed by atoms with Crippen LogP contribution in [0.1, 0.15) is 18.4 Å². The number of fused-ring (bicyclic) bond motifs is 1. The lowest BCUT2D eigenvalue weighted by Crippen LogP contribution is -2.13. The molecule has 0 fully saturated rings. The lowest BCUT2D eigenvalue weighted by atomic mass is 9.91. The third kappa shape index (κ3) is 2.74. The Hall–Kier alpha value is -2.34. The largest absolute Gasteiger partial charge is 0.303 e. The van der Waals surface area contributed by atoms with E-state index in [1.165, 1.54) is 0 Å². The van der Waals surface area contributed by atoms with Crippen molar-refractivity contribution in [1.82, 2.24) is 5.01 Å². The van der Waals surface area contributed by atoms with Gasteiger partial charge in [-0.05, 0) is 23.3 Å². The predicted molar refractivity (Wildman–Crippen MR) is 79.1 cm³/mol. The van der Waals surface area contributed by atoms with Crippen LogP contribution in [0.25, 0.3) is 10.8 Å². The molecule has 0 radical (unpaired) electrons. The standard InChI is InChI=1S/C16H17N3/c1-12(18-19(2)3)16(11-17)15-10-6-8-13-7-4-5-9-14(13)15/h4-10,16H,1-3H3/b18-12+. The third-order valence-electron chi connectivity index (χ3n) is 3.04. The molecule has 2 aromatic carbocycles. The van der Waals surface area contributed by atoms with Gasteiger partial charge in [-0.3, -0.25) is 0 Å². The Morgan fingerprint density at radius 1 is 1.16 bits per heavy atom. The maximum absolute atomic E-state index is 9.47. The van der Waals surface area contributed by atoms with Gasteiger partial charge in [0.05, 0.1) is 11.8 Å². The molecule has 0 aromatic heterocycles. The number of hydrogen-bond acceptors (Lipinski definition) is 3. The fourth-order valence-electron chi connectivity index (χ4n) is 2.26. The summed E-state index contributed by atoms with van der Waals surface area (Å²) in [6, 6.07) is 16.5. The van der Waals surface area contributed by atoms with Gasteiger partial charge >= 0.3 is 0 Å². The van der Waals surface area contributed by atoms with E-state index in [4.69, 9.17) is 0 Å². The smallest absolute Gasteiger partial charge is 0.111 e. The number of hydrogen-bond donors (Lipinski definition) is 0. The molecule has 0 aliphatic carbocycles. The second-order valence-corrected chi connectivity index (χ2v) is 4.72. The number of hydrazone groups is 1. The van der Waals surface area contributed by atoms with Gasteiger partial charge in [-0.15, -0.1) is 0 Å². The summed E-state index contributed by atoms with van der Waals surface area (Å²) in [7, 11) is 3.72. The second-order valence-electron chi connectivity index (χ2n) is 4.72. The minimum atomic E-state index is -0.312. The highest BCUT2D eigenvalue weighted by Crippen LogP contribution is 2.26. The molecule has 1 unspecified atom stereocenters. The molecule has 0 heterocycles. The normalized spacial score (nSPS) is 13.1. The molecule has 3 nitrogen and oxygen atoms in total. The number of rotatable bonds is 3. The van der Waals surface area contributed by atoms with E-state index >= 15 is 0 Å². The summed E-state index contributed by atoms with van der Waals surface area (Å²) >= 11 is 0. The molecule has 0 bridgehead atoms. The van der Waals surface area contributed by atoms with Gasteiger partial charge in [0.1, 0.15) is 5.92 Å². The summed E-state index contributed by atoms with van der Waals surface area (Å²) in [4.78, 5) is 0. The lowest BCUT2D eigenvalue weighted by molar-refractivity contribution is 0.436. The van der Waals surface area contributed by atoms with Gasteiger partial charge in [0.15, 0.2) is 0 Å². The molecule has 0 N–H and O–H groups in total.